The van der Waals surface area contributed by atoms with E-state index in [0.717, 1.165) is 50.0 Å². The minimum atomic E-state index is -0.966. The van der Waals surface area contributed by atoms with E-state index in [-0.39, 0.29) is 43.5 Å². The number of hydrogen-bond acceptors (Lipinski definition) is 7. The molecule has 0 saturated heterocycles. The van der Waals surface area contributed by atoms with Crippen LogP contribution in [0.5, 0.6) is 5.75 Å². The van der Waals surface area contributed by atoms with Crippen LogP contribution < -0.4 is 10.1 Å². The molecule has 6 rings (SSSR count). The Balaban J connectivity index is 1.28. The zero-order valence-corrected chi connectivity index (χ0v) is 31.2. The summed E-state index contributed by atoms with van der Waals surface area (Å²) in [6, 6.07) is 32.8. The average Bonchev–Trinajstić information content (AvgIpc) is 3.47. The number of nitrogens with one attached hydrogen (secondary N) is 1. The minimum absolute atomic E-state index is 0.119. The van der Waals surface area contributed by atoms with Crippen LogP contribution in [0.2, 0.25) is 0 Å². The van der Waals surface area contributed by atoms with Gasteiger partial charge in [0.15, 0.2) is 6.29 Å². The molecule has 4 aromatic carbocycles. The van der Waals surface area contributed by atoms with Gasteiger partial charge in [-0.05, 0) is 86.2 Å². The van der Waals surface area contributed by atoms with Crippen molar-refractivity contribution in [3.8, 4) is 16.9 Å². The van der Waals surface area contributed by atoms with Crippen LogP contribution >= 0.6 is 0 Å². The fraction of sp³-hybridized carbons (Fsp3) is 0.341. The molecule has 0 bridgehead atoms. The number of aromatic nitrogens is 1. The van der Waals surface area contributed by atoms with Crippen molar-refractivity contribution >= 4 is 22.9 Å². The fourth-order valence-electron chi connectivity index (χ4n) is 6.92. The highest BCUT2D eigenvalue weighted by molar-refractivity contribution is 5.87. The number of pyridine rings is 1. The van der Waals surface area contributed by atoms with E-state index < -0.39 is 18.4 Å². The van der Waals surface area contributed by atoms with Crippen LogP contribution in [0.25, 0.3) is 22.0 Å². The zero-order chi connectivity index (χ0) is 37.4. The molecule has 0 aliphatic heterocycles. The van der Waals surface area contributed by atoms with Crippen LogP contribution in [0.3, 0.4) is 0 Å². The summed E-state index contributed by atoms with van der Waals surface area (Å²) < 4.78 is 23.8. The molecular formula is C44H49N3O6. The van der Waals surface area contributed by atoms with Gasteiger partial charge in [0.1, 0.15) is 24.0 Å². The SMILES string of the molecule is CCOC(CN(Cc1cccc2cccnc12)C(=O)[C@H](Cc1ccc(OC(C)(C)C)cc1)NC(=O)OCC1c2ccccc2-c2ccccc21)OCC. The lowest BCUT2D eigenvalue weighted by atomic mass is 9.98. The average molecular weight is 716 g/mol. The topological polar surface area (TPSA) is 99.2 Å². The van der Waals surface area contributed by atoms with Crippen molar-refractivity contribution < 1.29 is 28.5 Å². The molecule has 1 aliphatic carbocycles. The second-order valence-corrected chi connectivity index (χ2v) is 14.1. The lowest BCUT2D eigenvalue weighted by Crippen LogP contribution is -2.51. The molecule has 1 atom stereocenters. The summed E-state index contributed by atoms with van der Waals surface area (Å²) >= 11 is 0. The molecule has 9 heteroatoms. The van der Waals surface area contributed by atoms with Gasteiger partial charge in [0.2, 0.25) is 5.91 Å². The van der Waals surface area contributed by atoms with Crippen LogP contribution in [0.1, 0.15) is 62.8 Å². The first-order valence-electron chi connectivity index (χ1n) is 18.4. The smallest absolute Gasteiger partial charge is 0.407 e. The van der Waals surface area contributed by atoms with Crippen molar-refractivity contribution in [3.63, 3.8) is 0 Å². The van der Waals surface area contributed by atoms with Gasteiger partial charge < -0.3 is 29.2 Å². The highest BCUT2D eigenvalue weighted by atomic mass is 16.7. The van der Waals surface area contributed by atoms with Crippen LogP contribution in [0, 0.1) is 0 Å². The summed E-state index contributed by atoms with van der Waals surface area (Å²) in [7, 11) is 0. The predicted molar refractivity (Wildman–Crippen MR) is 207 cm³/mol. The molecule has 1 N–H and O–H groups in total. The molecule has 1 aromatic heterocycles. The van der Waals surface area contributed by atoms with E-state index in [9.17, 15) is 9.59 Å². The third kappa shape index (κ3) is 9.41. The Hall–Kier alpha value is -5.25. The number of amides is 2. The maximum atomic E-state index is 14.8. The number of ether oxygens (including phenoxy) is 4. The Morgan fingerprint density at radius 1 is 0.811 bits per heavy atom. The van der Waals surface area contributed by atoms with Gasteiger partial charge in [-0.15, -0.1) is 0 Å². The molecule has 0 unspecified atom stereocenters. The van der Waals surface area contributed by atoms with Crippen molar-refractivity contribution in [1.29, 1.82) is 0 Å². The van der Waals surface area contributed by atoms with E-state index in [1.165, 1.54) is 0 Å². The standard InChI is InChI=1S/C44H49N3O6/c1-6-50-40(51-7-2)28-47(27-32-15-12-14-31-16-13-25-45-41(31)32)42(48)39(26-30-21-23-33(24-22-30)53-44(3,4)5)46-43(49)52-29-38-36-19-10-8-17-34(36)35-18-9-11-20-37(35)38/h8-25,38-40H,6-7,26-29H2,1-5H3,(H,46,49)/t39-/m0/s1. The normalized spacial score (nSPS) is 13.0. The van der Waals surface area contributed by atoms with Gasteiger partial charge >= 0.3 is 6.09 Å². The quantitative estimate of drug-likeness (QED) is 0.109. The van der Waals surface area contributed by atoms with Crippen molar-refractivity contribution in [2.75, 3.05) is 26.4 Å². The second-order valence-electron chi connectivity index (χ2n) is 14.1. The summed E-state index contributed by atoms with van der Waals surface area (Å²) in [5.74, 6) is 0.298. The molecule has 9 nitrogen and oxygen atoms in total. The van der Waals surface area contributed by atoms with Gasteiger partial charge in [0.25, 0.3) is 0 Å². The van der Waals surface area contributed by atoms with Crippen molar-refractivity contribution in [2.24, 2.45) is 0 Å². The van der Waals surface area contributed by atoms with E-state index in [1.807, 2.05) is 113 Å². The highest BCUT2D eigenvalue weighted by Gasteiger charge is 2.32. The van der Waals surface area contributed by atoms with Crippen molar-refractivity contribution in [3.05, 3.63) is 132 Å². The number of fused-ring (bicyclic) bond motifs is 4. The van der Waals surface area contributed by atoms with E-state index in [2.05, 4.69) is 34.6 Å². The number of para-hydroxylation sites is 1. The van der Waals surface area contributed by atoms with E-state index in [4.69, 9.17) is 18.9 Å². The molecule has 276 valence electrons. The van der Waals surface area contributed by atoms with Crippen molar-refractivity contribution in [2.45, 2.75) is 71.4 Å². The summed E-state index contributed by atoms with van der Waals surface area (Å²) in [5, 5.41) is 3.92. The molecular weight excluding hydrogens is 666 g/mol. The van der Waals surface area contributed by atoms with E-state index >= 15 is 0 Å². The molecule has 1 aliphatic rings. The Kier molecular flexibility index (Phi) is 12.1. The van der Waals surface area contributed by atoms with Gasteiger partial charge in [-0.3, -0.25) is 9.78 Å². The Morgan fingerprint density at radius 3 is 2.09 bits per heavy atom. The number of hydrogen-bond donors (Lipinski definition) is 1. The van der Waals surface area contributed by atoms with Gasteiger partial charge in [-0.1, -0.05) is 84.9 Å². The number of alkyl carbamates (subject to hydrolysis) is 1. The molecule has 53 heavy (non-hydrogen) atoms. The molecule has 1 heterocycles. The molecule has 2 amide bonds. The second kappa shape index (κ2) is 17.1. The van der Waals surface area contributed by atoms with E-state index in [0.29, 0.717) is 13.2 Å². The zero-order valence-electron chi connectivity index (χ0n) is 31.2. The maximum absolute atomic E-state index is 14.8. The van der Waals surface area contributed by atoms with Crippen molar-refractivity contribution in [1.82, 2.24) is 15.2 Å². The van der Waals surface area contributed by atoms with Crippen LogP contribution in [0.15, 0.2) is 109 Å². The van der Waals surface area contributed by atoms with Gasteiger partial charge in [-0.25, -0.2) is 4.79 Å². The number of carbonyl (C=O) groups is 2. The summed E-state index contributed by atoms with van der Waals surface area (Å²) in [6.07, 6.45) is 0.629. The lowest BCUT2D eigenvalue weighted by molar-refractivity contribution is -0.160. The number of benzene rings is 4. The Labute approximate surface area is 312 Å². The van der Waals surface area contributed by atoms with Gasteiger partial charge in [-0.2, -0.15) is 0 Å². The summed E-state index contributed by atoms with van der Waals surface area (Å²) in [4.78, 5) is 34.9. The van der Waals surface area contributed by atoms with Gasteiger partial charge in [0, 0.05) is 43.7 Å². The first kappa shape index (κ1) is 37.5. The molecule has 5 aromatic rings. The number of carbonyl (C=O) groups excluding carboxylic acids is 2. The molecule has 0 spiro atoms. The van der Waals surface area contributed by atoms with Gasteiger partial charge in [0.05, 0.1) is 12.1 Å². The molecule has 0 radical (unpaired) electrons. The first-order valence-corrected chi connectivity index (χ1v) is 18.4. The fourth-order valence-corrected chi connectivity index (χ4v) is 6.92. The molecule has 0 fully saturated rings. The van der Waals surface area contributed by atoms with Crippen LogP contribution in [0.4, 0.5) is 4.79 Å². The number of rotatable bonds is 15. The third-order valence-electron chi connectivity index (χ3n) is 9.18. The molecule has 0 saturated carbocycles. The van der Waals surface area contributed by atoms with Crippen LogP contribution in [-0.4, -0.2) is 66.2 Å². The predicted octanol–water partition coefficient (Wildman–Crippen LogP) is 8.29. The van der Waals surface area contributed by atoms with E-state index in [1.54, 1.807) is 11.1 Å². The first-order chi connectivity index (χ1) is 25.6. The minimum Gasteiger partial charge on any atom is -0.488 e. The summed E-state index contributed by atoms with van der Waals surface area (Å²) in [5.41, 5.74) is 6.65. The lowest BCUT2D eigenvalue weighted by Gasteiger charge is -2.31. The summed E-state index contributed by atoms with van der Waals surface area (Å²) in [6.45, 7) is 11.1. The largest absolute Gasteiger partial charge is 0.488 e. The van der Waals surface area contributed by atoms with Crippen LogP contribution in [-0.2, 0) is 32.0 Å². The highest BCUT2D eigenvalue weighted by Crippen LogP contribution is 2.44. The Morgan fingerprint density at radius 2 is 1.45 bits per heavy atom. The number of nitrogens with zero attached hydrogens (tertiary/aromatic N) is 2. The Bertz CT molecular complexity index is 1950. The maximum Gasteiger partial charge on any atom is 0.407 e. The monoisotopic (exact) mass is 715 g/mol. The third-order valence-corrected chi connectivity index (χ3v) is 9.18.